The number of hydrogen-bond acceptors (Lipinski definition) is 3. The third-order valence-corrected chi connectivity index (χ3v) is 4.27. The summed E-state index contributed by atoms with van der Waals surface area (Å²) in [4.78, 5) is 6.52. The molecule has 0 saturated heterocycles. The van der Waals surface area contributed by atoms with Crippen LogP contribution in [-0.4, -0.2) is 17.6 Å². The molecular weight excluding hydrogens is 260 g/mol. The molecule has 3 heteroatoms. The number of anilines is 1. The van der Waals surface area contributed by atoms with Gasteiger partial charge in [0.1, 0.15) is 12.4 Å². The van der Waals surface area contributed by atoms with Crippen LogP contribution in [0.25, 0.3) is 0 Å². The van der Waals surface area contributed by atoms with Crippen LogP contribution in [0.4, 0.5) is 5.69 Å². The second kappa shape index (κ2) is 6.17. The molecule has 1 aliphatic heterocycles. The maximum absolute atomic E-state index is 5.92. The Labute approximate surface area is 126 Å². The summed E-state index contributed by atoms with van der Waals surface area (Å²) >= 11 is 0. The van der Waals surface area contributed by atoms with Gasteiger partial charge in [-0.3, -0.25) is 4.98 Å². The Balaban J connectivity index is 1.73. The predicted octanol–water partition coefficient (Wildman–Crippen LogP) is 3.82. The van der Waals surface area contributed by atoms with E-state index in [9.17, 15) is 0 Å². The molecular formula is C18H22N2O. The van der Waals surface area contributed by atoms with Crippen molar-refractivity contribution in [2.24, 2.45) is 0 Å². The van der Waals surface area contributed by atoms with Gasteiger partial charge >= 0.3 is 0 Å². The molecule has 0 fully saturated rings. The zero-order valence-corrected chi connectivity index (χ0v) is 12.7. The van der Waals surface area contributed by atoms with Crippen LogP contribution in [0, 0.1) is 0 Å². The Morgan fingerprint density at radius 2 is 2.05 bits per heavy atom. The highest BCUT2D eigenvalue weighted by Gasteiger charge is 2.22. The van der Waals surface area contributed by atoms with Gasteiger partial charge in [-0.25, -0.2) is 0 Å². The SMILES string of the molecule is CCC(C)N1CCc2ccc(OCc3ccncc3)cc21. The summed E-state index contributed by atoms with van der Waals surface area (Å²) in [7, 11) is 0. The van der Waals surface area contributed by atoms with Gasteiger partial charge < -0.3 is 9.64 Å². The minimum Gasteiger partial charge on any atom is -0.489 e. The maximum Gasteiger partial charge on any atom is 0.121 e. The molecule has 3 nitrogen and oxygen atoms in total. The Morgan fingerprint density at radius 3 is 2.81 bits per heavy atom. The molecule has 0 saturated carbocycles. The van der Waals surface area contributed by atoms with Crippen molar-refractivity contribution in [3.8, 4) is 5.75 Å². The molecule has 1 aliphatic rings. The summed E-state index contributed by atoms with van der Waals surface area (Å²) in [5.74, 6) is 0.945. The average Bonchev–Trinajstić information content (AvgIpc) is 2.96. The largest absolute Gasteiger partial charge is 0.489 e. The first-order chi connectivity index (χ1) is 10.3. The van der Waals surface area contributed by atoms with Crippen molar-refractivity contribution in [2.45, 2.75) is 39.3 Å². The minimum atomic E-state index is 0.585. The van der Waals surface area contributed by atoms with Crippen molar-refractivity contribution >= 4 is 5.69 Å². The van der Waals surface area contributed by atoms with E-state index in [4.69, 9.17) is 4.74 Å². The molecule has 0 spiro atoms. The third kappa shape index (κ3) is 3.02. The molecule has 110 valence electrons. The topological polar surface area (TPSA) is 25.4 Å². The van der Waals surface area contributed by atoms with Crippen LogP contribution in [-0.2, 0) is 13.0 Å². The molecule has 0 bridgehead atoms. The predicted molar refractivity (Wildman–Crippen MR) is 85.8 cm³/mol. The first-order valence-corrected chi connectivity index (χ1v) is 7.69. The van der Waals surface area contributed by atoms with E-state index in [2.05, 4.69) is 41.9 Å². The van der Waals surface area contributed by atoms with Gasteiger partial charge in [-0.1, -0.05) is 13.0 Å². The van der Waals surface area contributed by atoms with Crippen LogP contribution in [0.15, 0.2) is 42.7 Å². The molecule has 1 aromatic heterocycles. The smallest absolute Gasteiger partial charge is 0.121 e. The van der Waals surface area contributed by atoms with Crippen LogP contribution < -0.4 is 9.64 Å². The van der Waals surface area contributed by atoms with Crippen molar-refractivity contribution < 1.29 is 4.74 Å². The molecule has 0 aliphatic carbocycles. The van der Waals surface area contributed by atoms with Gasteiger partial charge in [0.2, 0.25) is 0 Å². The van der Waals surface area contributed by atoms with Crippen LogP contribution in [0.5, 0.6) is 5.75 Å². The lowest BCUT2D eigenvalue weighted by Gasteiger charge is -2.26. The number of fused-ring (bicyclic) bond motifs is 1. The van der Waals surface area contributed by atoms with E-state index in [1.807, 2.05) is 12.1 Å². The fourth-order valence-electron chi connectivity index (χ4n) is 2.80. The van der Waals surface area contributed by atoms with Crippen LogP contribution in [0.3, 0.4) is 0 Å². The van der Waals surface area contributed by atoms with E-state index in [1.165, 1.54) is 17.7 Å². The average molecular weight is 282 g/mol. The van der Waals surface area contributed by atoms with Crippen LogP contribution in [0.1, 0.15) is 31.4 Å². The molecule has 0 N–H and O–H groups in total. The Hall–Kier alpha value is -2.03. The summed E-state index contributed by atoms with van der Waals surface area (Å²) in [5.41, 5.74) is 3.92. The van der Waals surface area contributed by atoms with E-state index in [1.54, 1.807) is 12.4 Å². The summed E-state index contributed by atoms with van der Waals surface area (Å²) in [6.07, 6.45) is 5.91. The van der Waals surface area contributed by atoms with E-state index >= 15 is 0 Å². The molecule has 21 heavy (non-hydrogen) atoms. The lowest BCUT2D eigenvalue weighted by Crippen LogP contribution is -2.30. The highest BCUT2D eigenvalue weighted by Crippen LogP contribution is 2.33. The monoisotopic (exact) mass is 282 g/mol. The molecule has 0 amide bonds. The first-order valence-electron chi connectivity index (χ1n) is 7.69. The van der Waals surface area contributed by atoms with Gasteiger partial charge in [0, 0.05) is 36.7 Å². The van der Waals surface area contributed by atoms with E-state index in [-0.39, 0.29) is 0 Å². The molecule has 1 unspecified atom stereocenters. The van der Waals surface area contributed by atoms with Crippen LogP contribution >= 0.6 is 0 Å². The zero-order valence-electron chi connectivity index (χ0n) is 12.7. The number of rotatable bonds is 5. The number of nitrogens with zero attached hydrogens (tertiary/aromatic N) is 2. The molecule has 1 atom stereocenters. The fourth-order valence-corrected chi connectivity index (χ4v) is 2.80. The van der Waals surface area contributed by atoms with E-state index < -0.39 is 0 Å². The van der Waals surface area contributed by atoms with E-state index in [0.29, 0.717) is 12.6 Å². The zero-order chi connectivity index (χ0) is 14.7. The highest BCUT2D eigenvalue weighted by molar-refractivity contribution is 5.61. The summed E-state index contributed by atoms with van der Waals surface area (Å²) in [6, 6.07) is 11.0. The molecule has 3 rings (SSSR count). The number of ether oxygens (including phenoxy) is 1. The summed E-state index contributed by atoms with van der Waals surface area (Å²) in [5, 5.41) is 0. The quantitative estimate of drug-likeness (QED) is 0.833. The Morgan fingerprint density at radius 1 is 1.24 bits per heavy atom. The Bertz CT molecular complexity index is 597. The van der Waals surface area contributed by atoms with Gasteiger partial charge in [0.25, 0.3) is 0 Å². The molecule has 2 aromatic rings. The van der Waals surface area contributed by atoms with Crippen molar-refractivity contribution in [2.75, 3.05) is 11.4 Å². The standard InChI is InChI=1S/C18H22N2O/c1-3-14(2)20-11-8-16-4-5-17(12-18(16)20)21-13-15-6-9-19-10-7-15/h4-7,9-10,12,14H,3,8,11,13H2,1-2H3. The van der Waals surface area contributed by atoms with Crippen molar-refractivity contribution in [1.82, 2.24) is 4.98 Å². The third-order valence-electron chi connectivity index (χ3n) is 4.27. The van der Waals surface area contributed by atoms with Gasteiger partial charge in [0.05, 0.1) is 0 Å². The first kappa shape index (κ1) is 13.9. The summed E-state index contributed by atoms with van der Waals surface area (Å²) < 4.78 is 5.92. The Kier molecular flexibility index (Phi) is 4.09. The number of hydrogen-bond donors (Lipinski definition) is 0. The minimum absolute atomic E-state index is 0.585. The van der Waals surface area contributed by atoms with Crippen molar-refractivity contribution in [1.29, 1.82) is 0 Å². The van der Waals surface area contributed by atoms with Gasteiger partial charge in [0.15, 0.2) is 0 Å². The normalized spacial score (nSPS) is 14.9. The van der Waals surface area contributed by atoms with Gasteiger partial charge in [-0.15, -0.1) is 0 Å². The van der Waals surface area contributed by atoms with Crippen molar-refractivity contribution in [3.05, 3.63) is 53.9 Å². The number of aromatic nitrogens is 1. The summed E-state index contributed by atoms with van der Waals surface area (Å²) in [6.45, 7) is 6.24. The fraction of sp³-hybridized carbons (Fsp3) is 0.389. The number of pyridine rings is 1. The molecule has 1 aromatic carbocycles. The number of benzene rings is 1. The van der Waals surface area contributed by atoms with Crippen LogP contribution in [0.2, 0.25) is 0 Å². The maximum atomic E-state index is 5.92. The van der Waals surface area contributed by atoms with E-state index in [0.717, 1.165) is 24.3 Å². The lowest BCUT2D eigenvalue weighted by atomic mass is 10.1. The molecule has 2 heterocycles. The van der Waals surface area contributed by atoms with Crippen molar-refractivity contribution in [3.63, 3.8) is 0 Å². The highest BCUT2D eigenvalue weighted by atomic mass is 16.5. The lowest BCUT2D eigenvalue weighted by molar-refractivity contribution is 0.306. The second-order valence-electron chi connectivity index (χ2n) is 5.64. The molecule has 0 radical (unpaired) electrons. The second-order valence-corrected chi connectivity index (χ2v) is 5.64. The van der Waals surface area contributed by atoms with Gasteiger partial charge in [-0.2, -0.15) is 0 Å². The van der Waals surface area contributed by atoms with Gasteiger partial charge in [-0.05, 0) is 49.1 Å².